The van der Waals surface area contributed by atoms with Crippen LogP contribution < -0.4 is 5.32 Å². The molecule has 0 spiro atoms. The number of carbonyl (C=O) groups excluding carboxylic acids is 2. The zero-order valence-corrected chi connectivity index (χ0v) is 16.5. The number of hydrogen-bond acceptors (Lipinski definition) is 4. The summed E-state index contributed by atoms with van der Waals surface area (Å²) in [7, 11) is 0. The number of anilines is 1. The van der Waals surface area contributed by atoms with Crippen molar-refractivity contribution in [3.63, 3.8) is 0 Å². The van der Waals surface area contributed by atoms with Gasteiger partial charge in [0, 0.05) is 20.5 Å². The first-order valence-electron chi connectivity index (χ1n) is 8.32. The highest BCUT2D eigenvalue weighted by molar-refractivity contribution is 9.10. The van der Waals surface area contributed by atoms with Gasteiger partial charge in [0.05, 0.1) is 17.2 Å². The number of aryl methyl sites for hydroxylation is 2. The fourth-order valence-electron chi connectivity index (χ4n) is 3.31. The minimum Gasteiger partial charge on any atom is -0.313 e. The molecule has 0 fully saturated rings. The van der Waals surface area contributed by atoms with Crippen LogP contribution in [0.15, 0.2) is 46.9 Å². The lowest BCUT2D eigenvalue weighted by Gasteiger charge is -2.17. The van der Waals surface area contributed by atoms with Gasteiger partial charge in [-0.2, -0.15) is 5.26 Å². The number of halogens is 1. The van der Waals surface area contributed by atoms with E-state index < -0.39 is 0 Å². The highest BCUT2D eigenvalue weighted by atomic mass is 79.9. The van der Waals surface area contributed by atoms with Gasteiger partial charge >= 0.3 is 0 Å². The van der Waals surface area contributed by atoms with E-state index in [1.807, 2.05) is 12.1 Å². The van der Waals surface area contributed by atoms with Gasteiger partial charge in [-0.05, 0) is 60.4 Å². The zero-order chi connectivity index (χ0) is 19.0. The highest BCUT2D eigenvalue weighted by Crippen LogP contribution is 2.44. The van der Waals surface area contributed by atoms with Gasteiger partial charge in [0.25, 0.3) is 5.91 Å². The average molecular weight is 437 g/mol. The van der Waals surface area contributed by atoms with Crippen LogP contribution in [0.2, 0.25) is 0 Å². The highest BCUT2D eigenvalue weighted by Gasteiger charge is 2.26. The molecule has 1 aliphatic rings. The summed E-state index contributed by atoms with van der Waals surface area (Å²) < 4.78 is 0.896. The normalized spacial score (nSPS) is 11.9. The van der Waals surface area contributed by atoms with Crippen molar-refractivity contribution in [3.8, 4) is 17.2 Å². The van der Waals surface area contributed by atoms with E-state index in [-0.39, 0.29) is 5.91 Å². The number of nitrogens with zero attached hydrogens (tertiary/aromatic N) is 1. The van der Waals surface area contributed by atoms with Crippen molar-refractivity contribution in [1.82, 2.24) is 0 Å². The smallest absolute Gasteiger partial charge is 0.256 e. The summed E-state index contributed by atoms with van der Waals surface area (Å²) in [6.07, 6.45) is 2.41. The second kappa shape index (κ2) is 7.10. The Balaban J connectivity index is 1.73. The van der Waals surface area contributed by atoms with Gasteiger partial charge in [-0.25, -0.2) is 0 Å². The Labute approximate surface area is 168 Å². The Bertz CT molecular complexity index is 1110. The van der Waals surface area contributed by atoms with E-state index in [0.29, 0.717) is 21.7 Å². The Morgan fingerprint density at radius 3 is 2.67 bits per heavy atom. The van der Waals surface area contributed by atoms with Crippen LogP contribution in [0.5, 0.6) is 0 Å². The Morgan fingerprint density at radius 1 is 1.19 bits per heavy atom. The van der Waals surface area contributed by atoms with Gasteiger partial charge in [-0.15, -0.1) is 11.3 Å². The predicted octanol–water partition coefficient (Wildman–Crippen LogP) is 5.21. The molecule has 1 N–H and O–H groups in total. The molecule has 0 atom stereocenters. The van der Waals surface area contributed by atoms with E-state index in [1.165, 1.54) is 11.3 Å². The first kappa shape index (κ1) is 17.7. The van der Waals surface area contributed by atoms with Gasteiger partial charge in [0.1, 0.15) is 5.00 Å². The molecule has 4 nitrogen and oxygen atoms in total. The third-order valence-corrected chi connectivity index (χ3v) is 6.30. The Hall–Kier alpha value is -2.75. The molecular weight excluding hydrogens is 424 g/mol. The maximum atomic E-state index is 12.6. The van der Waals surface area contributed by atoms with Crippen molar-refractivity contribution in [2.45, 2.75) is 12.8 Å². The van der Waals surface area contributed by atoms with E-state index in [9.17, 15) is 9.59 Å². The number of carbonyl (C=O) groups is 2. The van der Waals surface area contributed by atoms with Gasteiger partial charge in [-0.1, -0.05) is 22.0 Å². The summed E-state index contributed by atoms with van der Waals surface area (Å²) in [5, 5.41) is 12.6. The first-order valence-corrected chi connectivity index (χ1v) is 9.93. The summed E-state index contributed by atoms with van der Waals surface area (Å²) >= 11 is 4.80. The molecule has 0 radical (unpaired) electrons. The van der Waals surface area contributed by atoms with Crippen LogP contribution in [0.25, 0.3) is 11.1 Å². The molecule has 0 saturated heterocycles. The molecule has 1 aromatic heterocycles. The zero-order valence-electron chi connectivity index (χ0n) is 14.1. The number of nitrogens with one attached hydrogen (secondary N) is 1. The van der Waals surface area contributed by atoms with Crippen molar-refractivity contribution < 1.29 is 9.59 Å². The lowest BCUT2D eigenvalue weighted by molar-refractivity contribution is 0.102. The second-order valence-corrected chi connectivity index (χ2v) is 8.23. The van der Waals surface area contributed by atoms with Gasteiger partial charge in [0.15, 0.2) is 6.29 Å². The predicted molar refractivity (Wildman–Crippen MR) is 109 cm³/mol. The van der Waals surface area contributed by atoms with Crippen LogP contribution in [-0.4, -0.2) is 12.2 Å². The quantitative estimate of drug-likeness (QED) is 0.572. The van der Waals surface area contributed by atoms with Gasteiger partial charge < -0.3 is 5.32 Å². The summed E-state index contributed by atoms with van der Waals surface area (Å²) in [6, 6.07) is 14.8. The lowest BCUT2D eigenvalue weighted by atomic mass is 9.87. The lowest BCUT2D eigenvalue weighted by Crippen LogP contribution is -2.12. The molecule has 6 heteroatoms. The fourth-order valence-corrected chi connectivity index (χ4v) is 4.75. The molecule has 4 rings (SSSR count). The molecule has 27 heavy (non-hydrogen) atoms. The molecule has 132 valence electrons. The third-order valence-electron chi connectivity index (χ3n) is 4.59. The molecule has 1 aliphatic carbocycles. The second-order valence-electron chi connectivity index (χ2n) is 6.21. The maximum absolute atomic E-state index is 12.6. The Morgan fingerprint density at radius 2 is 1.96 bits per heavy atom. The molecule has 3 aromatic rings. The number of amides is 1. The van der Waals surface area contributed by atoms with Crippen LogP contribution in [0.1, 0.15) is 36.7 Å². The number of nitriles is 1. The van der Waals surface area contributed by atoms with Crippen LogP contribution in [0, 0.1) is 11.3 Å². The molecule has 0 unspecified atom stereocenters. The van der Waals surface area contributed by atoms with E-state index in [1.54, 1.807) is 30.3 Å². The van der Waals surface area contributed by atoms with Crippen molar-refractivity contribution >= 4 is 44.5 Å². The number of benzene rings is 2. The van der Waals surface area contributed by atoms with Crippen molar-refractivity contribution in [3.05, 3.63) is 74.1 Å². The first-order chi connectivity index (χ1) is 13.1. The maximum Gasteiger partial charge on any atom is 0.256 e. The summed E-state index contributed by atoms with van der Waals surface area (Å²) in [5.41, 5.74) is 4.56. The minimum atomic E-state index is -0.246. The number of fused-ring (bicyclic) bond motifs is 3. The molecular formula is C21H13BrN2O2S. The van der Waals surface area contributed by atoms with Gasteiger partial charge in [-0.3, -0.25) is 9.59 Å². The number of rotatable bonds is 3. The van der Waals surface area contributed by atoms with E-state index in [4.69, 9.17) is 5.26 Å². The molecule has 0 saturated carbocycles. The van der Waals surface area contributed by atoms with Gasteiger partial charge in [0.2, 0.25) is 0 Å². The van der Waals surface area contributed by atoms with E-state index >= 15 is 0 Å². The molecule has 1 amide bonds. The Kier molecular flexibility index (Phi) is 4.65. The van der Waals surface area contributed by atoms with Crippen molar-refractivity contribution in [1.29, 1.82) is 5.26 Å². The van der Waals surface area contributed by atoms with Crippen LogP contribution >= 0.6 is 27.3 Å². The van der Waals surface area contributed by atoms with E-state index in [0.717, 1.165) is 45.2 Å². The van der Waals surface area contributed by atoms with E-state index in [2.05, 4.69) is 27.3 Å². The molecule has 2 aromatic carbocycles. The largest absolute Gasteiger partial charge is 0.313 e. The summed E-state index contributed by atoms with van der Waals surface area (Å²) in [6.45, 7) is 0. The van der Waals surface area contributed by atoms with Crippen LogP contribution in [-0.2, 0) is 12.8 Å². The standard InChI is InChI=1S/C21H13BrN2O2S/c22-15-5-2-13(3-6-15)20(26)24-21-17(11-25)19-16-7-1-12(10-23)9-14(16)4-8-18(19)27-21/h1-3,5-7,9,11H,4,8H2,(H,24,26). The number of aldehydes is 1. The van der Waals surface area contributed by atoms with Crippen LogP contribution in [0.4, 0.5) is 5.00 Å². The SMILES string of the molecule is N#Cc1ccc2c(c1)CCc1sc(NC(=O)c3ccc(Br)cc3)c(C=O)c1-2. The topological polar surface area (TPSA) is 70.0 Å². The number of thiophene rings is 1. The molecule has 0 bridgehead atoms. The van der Waals surface area contributed by atoms with Crippen LogP contribution in [0.3, 0.4) is 0 Å². The molecule has 1 heterocycles. The molecule has 0 aliphatic heterocycles. The average Bonchev–Trinajstić information content (AvgIpc) is 3.05. The summed E-state index contributed by atoms with van der Waals surface area (Å²) in [5.74, 6) is -0.246. The third kappa shape index (κ3) is 3.20. The fraction of sp³-hybridized carbons (Fsp3) is 0.0952. The number of hydrogen-bond donors (Lipinski definition) is 1. The minimum absolute atomic E-state index is 0.246. The van der Waals surface area contributed by atoms with Crippen molar-refractivity contribution in [2.24, 2.45) is 0 Å². The monoisotopic (exact) mass is 436 g/mol. The van der Waals surface area contributed by atoms with Crippen molar-refractivity contribution in [2.75, 3.05) is 5.32 Å². The summed E-state index contributed by atoms with van der Waals surface area (Å²) in [4.78, 5) is 25.5.